The van der Waals surface area contributed by atoms with Gasteiger partial charge in [0, 0.05) is 28.5 Å². The number of ether oxygens (including phenoxy) is 1. The topological polar surface area (TPSA) is 98.2 Å². The number of thioether (sulfide) groups is 1. The number of H-pyrrole nitrogens is 1. The van der Waals surface area contributed by atoms with Gasteiger partial charge in [-0.25, -0.2) is 13.2 Å². The molecule has 0 amide bonds. The largest absolute Gasteiger partial charge is 0.461 e. The van der Waals surface area contributed by atoms with Crippen molar-refractivity contribution in [3.05, 3.63) is 99.6 Å². The minimum absolute atomic E-state index is 0.0618. The maximum atomic E-state index is 13.2. The van der Waals surface area contributed by atoms with E-state index in [1.54, 1.807) is 25.1 Å². The summed E-state index contributed by atoms with van der Waals surface area (Å²) < 4.78 is 33.7. The van der Waals surface area contributed by atoms with E-state index in [9.17, 15) is 18.0 Å². The third-order valence-electron chi connectivity index (χ3n) is 6.20. The number of carbonyl (C=O) groups excluding carboxylic acids is 1. The smallest absolute Gasteiger partial charge is 0.355 e. The Morgan fingerprint density at radius 2 is 1.75 bits per heavy atom. The second kappa shape index (κ2) is 9.48. The van der Waals surface area contributed by atoms with Crippen molar-refractivity contribution in [1.29, 1.82) is 0 Å². The molecule has 1 aliphatic heterocycles. The first-order valence-electron chi connectivity index (χ1n) is 11.5. The van der Waals surface area contributed by atoms with Crippen molar-refractivity contribution in [1.82, 2.24) is 9.55 Å². The number of benzene rings is 2. The van der Waals surface area contributed by atoms with Crippen molar-refractivity contribution < 1.29 is 17.9 Å². The van der Waals surface area contributed by atoms with Crippen LogP contribution in [-0.4, -0.2) is 30.5 Å². The fraction of sp³-hybridized carbons (Fsp3) is 0.185. The van der Waals surface area contributed by atoms with E-state index >= 15 is 0 Å². The second-order valence-corrected chi connectivity index (χ2v) is 11.3. The van der Waals surface area contributed by atoms with Crippen molar-refractivity contribution in [3.63, 3.8) is 0 Å². The number of fused-ring (bicyclic) bond motifs is 3. The van der Waals surface area contributed by atoms with E-state index in [2.05, 4.69) is 4.98 Å². The maximum absolute atomic E-state index is 13.2. The molecule has 1 aliphatic rings. The van der Waals surface area contributed by atoms with E-state index < -0.39 is 21.4 Å². The Hall–Kier alpha value is -3.56. The Morgan fingerprint density at radius 1 is 1.08 bits per heavy atom. The summed E-state index contributed by atoms with van der Waals surface area (Å²) in [4.78, 5) is 29.4. The van der Waals surface area contributed by atoms with Gasteiger partial charge in [0.05, 0.1) is 17.2 Å². The zero-order chi connectivity index (χ0) is 25.4. The van der Waals surface area contributed by atoms with Crippen molar-refractivity contribution in [2.45, 2.75) is 40.8 Å². The molecule has 2 aromatic carbocycles. The highest BCUT2D eigenvalue weighted by Gasteiger charge is 2.32. The molecule has 7 nitrogen and oxygen atoms in total. The molecule has 4 aromatic rings. The van der Waals surface area contributed by atoms with Gasteiger partial charge < -0.3 is 14.3 Å². The molecule has 0 fully saturated rings. The SMILES string of the molecule is CCOC(=O)c1c(C)c2c(n1Cc1ccccc1)CSc1cc(S(=O)(=O)c3ccccc3)c(=O)[nH]c1-2. The van der Waals surface area contributed by atoms with Crippen LogP contribution in [0.5, 0.6) is 0 Å². The summed E-state index contributed by atoms with van der Waals surface area (Å²) in [6, 6.07) is 19.1. The van der Waals surface area contributed by atoms with Gasteiger partial charge in [0.2, 0.25) is 9.84 Å². The van der Waals surface area contributed by atoms with Crippen LogP contribution in [-0.2, 0) is 26.9 Å². The quantitative estimate of drug-likeness (QED) is 0.366. The molecular weight excluding hydrogens is 496 g/mol. The van der Waals surface area contributed by atoms with Crippen LogP contribution in [0.3, 0.4) is 0 Å². The monoisotopic (exact) mass is 520 g/mol. The molecule has 0 bridgehead atoms. The predicted octanol–water partition coefficient (Wildman–Crippen LogP) is 4.82. The molecule has 9 heteroatoms. The van der Waals surface area contributed by atoms with Crippen LogP contribution in [0, 0.1) is 6.92 Å². The molecule has 5 rings (SSSR count). The highest BCUT2D eigenvalue weighted by atomic mass is 32.2. The van der Waals surface area contributed by atoms with Crippen LogP contribution >= 0.6 is 11.8 Å². The van der Waals surface area contributed by atoms with Gasteiger partial charge in [0.1, 0.15) is 10.6 Å². The number of carbonyl (C=O) groups is 1. The fourth-order valence-corrected chi connectivity index (χ4v) is 7.06. The lowest BCUT2D eigenvalue weighted by Crippen LogP contribution is -2.20. The van der Waals surface area contributed by atoms with Gasteiger partial charge in [-0.3, -0.25) is 4.79 Å². The number of aromatic nitrogens is 2. The Morgan fingerprint density at radius 3 is 2.42 bits per heavy atom. The highest BCUT2D eigenvalue weighted by molar-refractivity contribution is 7.98. The Balaban J connectivity index is 1.68. The summed E-state index contributed by atoms with van der Waals surface area (Å²) in [5, 5.41) is 0. The summed E-state index contributed by atoms with van der Waals surface area (Å²) in [5.41, 5.74) is 3.59. The first-order valence-corrected chi connectivity index (χ1v) is 13.9. The van der Waals surface area contributed by atoms with Crippen LogP contribution in [0.2, 0.25) is 0 Å². The number of aromatic amines is 1. The molecule has 2 aromatic heterocycles. The zero-order valence-corrected chi connectivity index (χ0v) is 21.4. The number of hydrogen-bond acceptors (Lipinski definition) is 6. The van der Waals surface area contributed by atoms with Gasteiger partial charge in [0.25, 0.3) is 5.56 Å². The van der Waals surface area contributed by atoms with E-state index in [1.807, 2.05) is 41.8 Å². The third-order valence-corrected chi connectivity index (χ3v) is 9.02. The summed E-state index contributed by atoms with van der Waals surface area (Å²) in [7, 11) is -3.99. The maximum Gasteiger partial charge on any atom is 0.355 e. The molecule has 0 saturated carbocycles. The van der Waals surface area contributed by atoms with Crippen molar-refractivity contribution in [3.8, 4) is 11.3 Å². The normalized spacial score (nSPS) is 12.6. The molecule has 0 radical (unpaired) electrons. The number of rotatable bonds is 6. The van der Waals surface area contributed by atoms with Crippen molar-refractivity contribution in [2.75, 3.05) is 6.61 Å². The summed E-state index contributed by atoms with van der Waals surface area (Å²) in [6.45, 7) is 4.29. The lowest BCUT2D eigenvalue weighted by atomic mass is 10.1. The lowest BCUT2D eigenvalue weighted by Gasteiger charge is -2.20. The van der Waals surface area contributed by atoms with E-state index in [0.29, 0.717) is 34.1 Å². The number of hydrogen-bond donors (Lipinski definition) is 1. The van der Waals surface area contributed by atoms with Gasteiger partial charge >= 0.3 is 5.97 Å². The molecule has 36 heavy (non-hydrogen) atoms. The van der Waals surface area contributed by atoms with Crippen molar-refractivity contribution >= 4 is 27.6 Å². The number of nitrogens with zero attached hydrogens (tertiary/aromatic N) is 1. The molecule has 1 N–H and O–H groups in total. The Labute approximate surface area is 213 Å². The van der Waals surface area contributed by atoms with Gasteiger partial charge in [-0.15, -0.1) is 11.8 Å². The van der Waals surface area contributed by atoms with Crippen LogP contribution in [0.4, 0.5) is 0 Å². The fourth-order valence-electron chi connectivity index (χ4n) is 4.56. The van der Waals surface area contributed by atoms with Crippen molar-refractivity contribution in [2.24, 2.45) is 0 Å². The molecular formula is C27H24N2O5S2. The minimum Gasteiger partial charge on any atom is -0.461 e. The van der Waals surface area contributed by atoms with Crippen LogP contribution in [0.15, 0.2) is 86.2 Å². The molecule has 0 atom stereocenters. The number of esters is 1. The van der Waals surface area contributed by atoms with Gasteiger partial charge in [-0.2, -0.15) is 0 Å². The van der Waals surface area contributed by atoms with Crippen LogP contribution in [0.25, 0.3) is 11.3 Å². The molecule has 184 valence electrons. The van der Waals surface area contributed by atoms with Crippen LogP contribution in [0.1, 0.15) is 34.2 Å². The number of pyridine rings is 1. The van der Waals surface area contributed by atoms with E-state index in [0.717, 1.165) is 16.8 Å². The molecule has 0 saturated heterocycles. The first-order chi connectivity index (χ1) is 17.3. The highest BCUT2D eigenvalue weighted by Crippen LogP contribution is 2.45. The zero-order valence-electron chi connectivity index (χ0n) is 19.8. The average Bonchev–Trinajstić information content (AvgIpc) is 3.16. The molecule has 0 unspecified atom stereocenters. The molecule has 0 spiro atoms. The summed E-state index contributed by atoms with van der Waals surface area (Å²) in [6.07, 6.45) is 0. The van der Waals surface area contributed by atoms with Gasteiger partial charge in [-0.05, 0) is 43.2 Å². The average molecular weight is 521 g/mol. The van der Waals surface area contributed by atoms with E-state index in [1.165, 1.54) is 30.0 Å². The Kier molecular flexibility index (Phi) is 6.36. The third kappa shape index (κ3) is 4.08. The number of sulfone groups is 1. The molecule has 3 heterocycles. The standard InChI is InChI=1S/C27H24N2O5S2/c1-3-34-27(31)25-17(2)23-20(29(25)15-18-10-6-4-7-11-18)16-35-21-14-22(26(30)28-24(21)23)36(32,33)19-12-8-5-9-13-19/h4-14H,3,15-16H2,1-2H3,(H,28,30). The lowest BCUT2D eigenvalue weighted by molar-refractivity contribution is 0.0513. The first kappa shape index (κ1) is 24.1. The second-order valence-electron chi connectivity index (χ2n) is 8.39. The summed E-state index contributed by atoms with van der Waals surface area (Å²) >= 11 is 1.43. The minimum atomic E-state index is -3.99. The van der Waals surface area contributed by atoms with E-state index in [-0.39, 0.29) is 16.4 Å². The molecule has 0 aliphatic carbocycles. The van der Waals surface area contributed by atoms with Gasteiger partial charge in [0.15, 0.2) is 0 Å². The van der Waals surface area contributed by atoms with E-state index in [4.69, 9.17) is 4.74 Å². The predicted molar refractivity (Wildman–Crippen MR) is 138 cm³/mol. The van der Waals surface area contributed by atoms with Gasteiger partial charge in [-0.1, -0.05) is 48.5 Å². The van der Waals surface area contributed by atoms with Crippen LogP contribution < -0.4 is 5.56 Å². The Bertz CT molecular complexity index is 1620. The summed E-state index contributed by atoms with van der Waals surface area (Å²) in [5.74, 6) is 0.0734. The number of nitrogens with one attached hydrogen (secondary N) is 1.